The molecule has 3 aromatic carbocycles. The molecule has 4 rings (SSSR count). The standard InChI is InChI=1S/C24H18F2N2O2/c1-15-2-4-16(5-3-15)14-28-23(29)21(17-6-8-18(25)9-7-17)22(24(28)30)27-20-12-10-19(26)11-13-20/h2-13,27H,14H2,1H3. The Balaban J connectivity index is 1.72. The van der Waals surface area contributed by atoms with Gasteiger partial charge >= 0.3 is 0 Å². The van der Waals surface area contributed by atoms with Crippen molar-refractivity contribution in [3.8, 4) is 0 Å². The summed E-state index contributed by atoms with van der Waals surface area (Å²) in [5, 5.41) is 2.94. The molecule has 30 heavy (non-hydrogen) atoms. The van der Waals surface area contributed by atoms with Crippen LogP contribution >= 0.6 is 0 Å². The molecule has 6 heteroatoms. The van der Waals surface area contributed by atoms with E-state index < -0.39 is 23.4 Å². The van der Waals surface area contributed by atoms with E-state index in [4.69, 9.17) is 0 Å². The summed E-state index contributed by atoms with van der Waals surface area (Å²) in [5.41, 5.74) is 2.99. The van der Waals surface area contributed by atoms with Gasteiger partial charge in [-0.1, -0.05) is 42.0 Å². The van der Waals surface area contributed by atoms with Crippen LogP contribution in [0.15, 0.2) is 78.5 Å². The molecule has 1 aliphatic rings. The molecule has 1 N–H and O–H groups in total. The van der Waals surface area contributed by atoms with Crippen LogP contribution in [0.1, 0.15) is 16.7 Å². The van der Waals surface area contributed by atoms with Crippen LogP contribution in [-0.4, -0.2) is 16.7 Å². The second-order valence-electron chi connectivity index (χ2n) is 7.07. The number of amides is 2. The van der Waals surface area contributed by atoms with Crippen molar-refractivity contribution < 1.29 is 18.4 Å². The Kier molecular flexibility index (Phi) is 5.14. The smallest absolute Gasteiger partial charge is 0.278 e. The van der Waals surface area contributed by atoms with Crippen molar-refractivity contribution in [3.05, 3.63) is 107 Å². The Hall–Kier alpha value is -3.80. The molecule has 0 bridgehead atoms. The summed E-state index contributed by atoms with van der Waals surface area (Å²) in [6, 6.07) is 18.4. The number of nitrogens with zero attached hydrogens (tertiary/aromatic N) is 1. The number of carbonyl (C=O) groups excluding carboxylic acids is 2. The summed E-state index contributed by atoms with van der Waals surface area (Å²) >= 11 is 0. The second kappa shape index (κ2) is 7.91. The molecule has 0 aromatic heterocycles. The zero-order chi connectivity index (χ0) is 21.3. The van der Waals surface area contributed by atoms with Crippen LogP contribution in [0, 0.1) is 18.6 Å². The number of nitrogens with one attached hydrogen (secondary N) is 1. The minimum absolute atomic E-state index is 0.0744. The largest absolute Gasteiger partial charge is 0.350 e. The Bertz CT molecular complexity index is 1140. The summed E-state index contributed by atoms with van der Waals surface area (Å²) < 4.78 is 26.6. The molecule has 0 radical (unpaired) electrons. The number of hydrogen-bond acceptors (Lipinski definition) is 3. The lowest BCUT2D eigenvalue weighted by atomic mass is 10.0. The van der Waals surface area contributed by atoms with Gasteiger partial charge in [-0.25, -0.2) is 8.78 Å². The van der Waals surface area contributed by atoms with Crippen LogP contribution in [0.4, 0.5) is 14.5 Å². The average Bonchev–Trinajstić information content (AvgIpc) is 2.96. The summed E-state index contributed by atoms with van der Waals surface area (Å²) in [4.78, 5) is 27.5. The van der Waals surface area contributed by atoms with Gasteiger partial charge in [-0.2, -0.15) is 0 Å². The van der Waals surface area contributed by atoms with E-state index in [2.05, 4.69) is 5.32 Å². The van der Waals surface area contributed by atoms with E-state index in [0.717, 1.165) is 16.0 Å². The van der Waals surface area contributed by atoms with Crippen LogP contribution in [0.5, 0.6) is 0 Å². The molecule has 0 unspecified atom stereocenters. The van der Waals surface area contributed by atoms with E-state index in [1.165, 1.54) is 48.5 Å². The van der Waals surface area contributed by atoms with Gasteiger partial charge in [0.1, 0.15) is 17.3 Å². The monoisotopic (exact) mass is 404 g/mol. The number of carbonyl (C=O) groups is 2. The number of aryl methyl sites for hydroxylation is 1. The summed E-state index contributed by atoms with van der Waals surface area (Å²) in [6.07, 6.45) is 0. The second-order valence-corrected chi connectivity index (χ2v) is 7.07. The molecule has 0 aliphatic carbocycles. The van der Waals surface area contributed by atoms with Crippen LogP contribution in [0.25, 0.3) is 5.57 Å². The lowest BCUT2D eigenvalue weighted by Crippen LogP contribution is -2.32. The minimum Gasteiger partial charge on any atom is -0.350 e. The number of halogens is 2. The van der Waals surface area contributed by atoms with Crippen molar-refractivity contribution in [2.24, 2.45) is 0 Å². The molecular formula is C24H18F2N2O2. The van der Waals surface area contributed by atoms with Crippen LogP contribution in [-0.2, 0) is 16.1 Å². The maximum absolute atomic E-state index is 13.4. The van der Waals surface area contributed by atoms with Gasteiger partial charge in [-0.3, -0.25) is 14.5 Å². The van der Waals surface area contributed by atoms with E-state index in [0.29, 0.717) is 11.3 Å². The SMILES string of the molecule is Cc1ccc(CN2C(=O)C(Nc3ccc(F)cc3)=C(c3ccc(F)cc3)C2=O)cc1. The fraction of sp³-hybridized carbons (Fsp3) is 0.0833. The van der Waals surface area contributed by atoms with Gasteiger partial charge in [-0.05, 0) is 54.4 Å². The van der Waals surface area contributed by atoms with Crippen molar-refractivity contribution in [2.75, 3.05) is 5.32 Å². The van der Waals surface area contributed by atoms with Crippen molar-refractivity contribution in [3.63, 3.8) is 0 Å². The Morgan fingerprint density at radius 2 is 1.33 bits per heavy atom. The first-order chi connectivity index (χ1) is 14.4. The predicted octanol–water partition coefficient (Wildman–Crippen LogP) is 4.67. The van der Waals surface area contributed by atoms with Crippen molar-refractivity contribution in [1.29, 1.82) is 0 Å². The zero-order valence-electron chi connectivity index (χ0n) is 16.2. The summed E-state index contributed by atoms with van der Waals surface area (Å²) in [6.45, 7) is 2.06. The number of hydrogen-bond donors (Lipinski definition) is 1. The van der Waals surface area contributed by atoms with Gasteiger partial charge in [0.05, 0.1) is 12.1 Å². The Morgan fingerprint density at radius 3 is 1.93 bits per heavy atom. The molecule has 2 amide bonds. The molecule has 0 fully saturated rings. The first kappa shape index (κ1) is 19.5. The Morgan fingerprint density at radius 1 is 0.767 bits per heavy atom. The molecule has 1 aliphatic heterocycles. The zero-order valence-corrected chi connectivity index (χ0v) is 16.2. The third kappa shape index (κ3) is 3.85. The van der Waals surface area contributed by atoms with Gasteiger partial charge in [0.2, 0.25) is 0 Å². The van der Waals surface area contributed by atoms with Crippen molar-refractivity contribution >= 4 is 23.1 Å². The van der Waals surface area contributed by atoms with E-state index in [9.17, 15) is 18.4 Å². The van der Waals surface area contributed by atoms with E-state index in [-0.39, 0.29) is 17.8 Å². The van der Waals surface area contributed by atoms with Crippen molar-refractivity contribution in [2.45, 2.75) is 13.5 Å². The number of anilines is 1. The summed E-state index contributed by atoms with van der Waals surface area (Å²) in [5.74, 6) is -1.83. The van der Waals surface area contributed by atoms with Crippen LogP contribution in [0.2, 0.25) is 0 Å². The van der Waals surface area contributed by atoms with Crippen LogP contribution in [0.3, 0.4) is 0 Å². The van der Waals surface area contributed by atoms with E-state index >= 15 is 0 Å². The van der Waals surface area contributed by atoms with E-state index in [1.807, 2.05) is 31.2 Å². The van der Waals surface area contributed by atoms with Gasteiger partial charge < -0.3 is 5.32 Å². The maximum Gasteiger partial charge on any atom is 0.278 e. The molecule has 0 spiro atoms. The molecule has 0 saturated carbocycles. The fourth-order valence-electron chi connectivity index (χ4n) is 3.27. The Labute approximate surface area is 172 Å². The first-order valence-corrected chi connectivity index (χ1v) is 9.37. The molecule has 3 aromatic rings. The first-order valence-electron chi connectivity index (χ1n) is 9.37. The predicted molar refractivity (Wildman–Crippen MR) is 110 cm³/mol. The highest BCUT2D eigenvalue weighted by Crippen LogP contribution is 2.31. The van der Waals surface area contributed by atoms with Gasteiger partial charge in [0, 0.05) is 5.69 Å². The van der Waals surface area contributed by atoms with Gasteiger partial charge in [-0.15, -0.1) is 0 Å². The van der Waals surface area contributed by atoms with Gasteiger partial charge in [0.15, 0.2) is 0 Å². The molecule has 150 valence electrons. The lowest BCUT2D eigenvalue weighted by Gasteiger charge is -2.15. The highest BCUT2D eigenvalue weighted by atomic mass is 19.1. The van der Waals surface area contributed by atoms with E-state index in [1.54, 1.807) is 0 Å². The minimum atomic E-state index is -0.496. The van der Waals surface area contributed by atoms with Gasteiger partial charge in [0.25, 0.3) is 11.8 Å². The third-order valence-electron chi connectivity index (χ3n) is 4.88. The van der Waals surface area contributed by atoms with Crippen LogP contribution < -0.4 is 5.32 Å². The molecule has 1 heterocycles. The fourth-order valence-corrected chi connectivity index (χ4v) is 3.27. The number of imide groups is 1. The molecule has 0 atom stereocenters. The quantitative estimate of drug-likeness (QED) is 0.629. The molecular weight excluding hydrogens is 386 g/mol. The maximum atomic E-state index is 13.4. The third-order valence-corrected chi connectivity index (χ3v) is 4.88. The number of benzene rings is 3. The highest BCUT2D eigenvalue weighted by molar-refractivity contribution is 6.36. The average molecular weight is 404 g/mol. The van der Waals surface area contributed by atoms with Crippen molar-refractivity contribution in [1.82, 2.24) is 4.90 Å². The number of rotatable bonds is 5. The molecule has 4 nitrogen and oxygen atoms in total. The topological polar surface area (TPSA) is 49.4 Å². The normalized spacial score (nSPS) is 13.9. The summed E-state index contributed by atoms with van der Waals surface area (Å²) in [7, 11) is 0. The highest BCUT2D eigenvalue weighted by Gasteiger charge is 2.39. The lowest BCUT2D eigenvalue weighted by molar-refractivity contribution is -0.137. The molecule has 0 saturated heterocycles.